The van der Waals surface area contributed by atoms with Crippen LogP contribution in [-0.4, -0.2) is 32.9 Å². The molecule has 1 aromatic carbocycles. The van der Waals surface area contributed by atoms with E-state index in [0.717, 1.165) is 51.6 Å². The standard InChI is InChI=1S/C21H27N3O/c25-21(19-9-8-17-5-1-2-6-18(17)15-19)24-12-4-3-7-20(24)10-13-23-14-11-22-16-23/h1-2,5-6,11,14,16,19-20H,3-4,7-10,12-13,15H2. The van der Waals surface area contributed by atoms with Crippen LogP contribution in [0.15, 0.2) is 43.0 Å². The lowest BCUT2D eigenvalue weighted by Crippen LogP contribution is -2.47. The molecule has 0 radical (unpaired) electrons. The first-order valence-electron chi connectivity index (χ1n) is 9.64. The van der Waals surface area contributed by atoms with Crippen LogP contribution in [0.2, 0.25) is 0 Å². The highest BCUT2D eigenvalue weighted by atomic mass is 16.2. The number of aromatic nitrogens is 2. The molecule has 2 aromatic rings. The molecule has 1 aromatic heterocycles. The molecule has 1 aliphatic heterocycles. The fraction of sp³-hybridized carbons (Fsp3) is 0.524. The molecule has 0 spiro atoms. The summed E-state index contributed by atoms with van der Waals surface area (Å²) in [6.07, 6.45) is 13.2. The predicted molar refractivity (Wildman–Crippen MR) is 98.2 cm³/mol. The number of carbonyl (C=O) groups excluding carboxylic acids is 1. The van der Waals surface area contributed by atoms with E-state index in [1.807, 2.05) is 18.7 Å². The molecule has 2 aliphatic rings. The molecule has 4 rings (SSSR count). The van der Waals surface area contributed by atoms with Crippen LogP contribution in [-0.2, 0) is 24.2 Å². The molecule has 4 heteroatoms. The summed E-state index contributed by atoms with van der Waals surface area (Å²) in [5, 5.41) is 0. The largest absolute Gasteiger partial charge is 0.339 e. The Kier molecular flexibility index (Phi) is 4.86. The highest BCUT2D eigenvalue weighted by Gasteiger charge is 2.33. The number of rotatable bonds is 4. The van der Waals surface area contributed by atoms with Gasteiger partial charge in [0.15, 0.2) is 0 Å². The van der Waals surface area contributed by atoms with Crippen molar-refractivity contribution < 1.29 is 4.79 Å². The number of aryl methyl sites for hydroxylation is 2. The molecule has 25 heavy (non-hydrogen) atoms. The first-order valence-corrected chi connectivity index (χ1v) is 9.64. The number of likely N-dealkylation sites (tertiary alicyclic amines) is 1. The van der Waals surface area contributed by atoms with Crippen LogP contribution in [0.5, 0.6) is 0 Å². The number of nitrogens with zero attached hydrogens (tertiary/aromatic N) is 3. The number of piperidine rings is 1. The lowest BCUT2D eigenvalue weighted by molar-refractivity contribution is -0.140. The van der Waals surface area contributed by atoms with Crippen LogP contribution < -0.4 is 0 Å². The first-order chi connectivity index (χ1) is 12.3. The zero-order valence-corrected chi connectivity index (χ0v) is 14.8. The van der Waals surface area contributed by atoms with Crippen molar-refractivity contribution >= 4 is 5.91 Å². The van der Waals surface area contributed by atoms with Gasteiger partial charge in [-0.2, -0.15) is 0 Å². The zero-order chi connectivity index (χ0) is 17.1. The molecule has 1 fully saturated rings. The van der Waals surface area contributed by atoms with Crippen LogP contribution in [0, 0.1) is 5.92 Å². The Morgan fingerprint density at radius 3 is 2.88 bits per heavy atom. The molecular weight excluding hydrogens is 310 g/mol. The third kappa shape index (κ3) is 3.63. The van der Waals surface area contributed by atoms with E-state index in [2.05, 4.69) is 38.7 Å². The second-order valence-corrected chi connectivity index (χ2v) is 7.48. The van der Waals surface area contributed by atoms with Gasteiger partial charge in [0.2, 0.25) is 5.91 Å². The molecule has 0 bridgehead atoms. The number of imidazole rings is 1. The van der Waals surface area contributed by atoms with E-state index < -0.39 is 0 Å². The van der Waals surface area contributed by atoms with Crippen molar-refractivity contribution in [2.24, 2.45) is 5.92 Å². The minimum Gasteiger partial charge on any atom is -0.339 e. The van der Waals surface area contributed by atoms with Crippen molar-refractivity contribution in [1.82, 2.24) is 14.5 Å². The average molecular weight is 337 g/mol. The number of hydrogen-bond acceptors (Lipinski definition) is 2. The van der Waals surface area contributed by atoms with E-state index in [-0.39, 0.29) is 5.92 Å². The van der Waals surface area contributed by atoms with Crippen molar-refractivity contribution in [3.8, 4) is 0 Å². The number of hydrogen-bond donors (Lipinski definition) is 0. The van der Waals surface area contributed by atoms with Gasteiger partial charge in [-0.05, 0) is 56.1 Å². The fourth-order valence-electron chi connectivity index (χ4n) is 4.45. The minimum absolute atomic E-state index is 0.170. The molecule has 2 atom stereocenters. The van der Waals surface area contributed by atoms with E-state index in [1.54, 1.807) is 0 Å². The van der Waals surface area contributed by atoms with E-state index in [0.29, 0.717) is 11.9 Å². The quantitative estimate of drug-likeness (QED) is 0.857. The lowest BCUT2D eigenvalue weighted by Gasteiger charge is -2.39. The van der Waals surface area contributed by atoms with Crippen molar-refractivity contribution in [2.45, 2.75) is 57.5 Å². The minimum atomic E-state index is 0.170. The Labute approximate surface area is 149 Å². The molecule has 1 amide bonds. The third-order valence-corrected chi connectivity index (χ3v) is 5.89. The maximum absolute atomic E-state index is 13.2. The van der Waals surface area contributed by atoms with Gasteiger partial charge in [0.25, 0.3) is 0 Å². The number of amides is 1. The van der Waals surface area contributed by atoms with Crippen molar-refractivity contribution in [1.29, 1.82) is 0 Å². The molecular formula is C21H27N3O. The van der Waals surface area contributed by atoms with Gasteiger partial charge in [-0.3, -0.25) is 4.79 Å². The molecule has 1 saturated heterocycles. The summed E-state index contributed by atoms with van der Waals surface area (Å²) < 4.78 is 2.12. The molecule has 2 heterocycles. The highest BCUT2D eigenvalue weighted by Crippen LogP contribution is 2.29. The van der Waals surface area contributed by atoms with Gasteiger partial charge in [0, 0.05) is 37.4 Å². The SMILES string of the molecule is O=C(C1CCc2ccccc2C1)N1CCCCC1CCn1ccnc1. The Bertz CT molecular complexity index is 710. The number of fused-ring (bicyclic) bond motifs is 1. The maximum atomic E-state index is 13.2. The summed E-state index contributed by atoms with van der Waals surface area (Å²) in [4.78, 5) is 19.6. The summed E-state index contributed by atoms with van der Waals surface area (Å²) >= 11 is 0. The number of benzene rings is 1. The third-order valence-electron chi connectivity index (χ3n) is 5.89. The van der Waals surface area contributed by atoms with Crippen LogP contribution >= 0.6 is 0 Å². The van der Waals surface area contributed by atoms with Crippen LogP contribution in [0.4, 0.5) is 0 Å². The van der Waals surface area contributed by atoms with Gasteiger partial charge in [-0.1, -0.05) is 24.3 Å². The van der Waals surface area contributed by atoms with Gasteiger partial charge < -0.3 is 9.47 Å². The van der Waals surface area contributed by atoms with Crippen molar-refractivity contribution in [3.05, 3.63) is 54.1 Å². The Morgan fingerprint density at radius 2 is 2.04 bits per heavy atom. The molecule has 4 nitrogen and oxygen atoms in total. The van der Waals surface area contributed by atoms with Crippen molar-refractivity contribution in [2.75, 3.05) is 6.54 Å². The van der Waals surface area contributed by atoms with Gasteiger partial charge in [0.05, 0.1) is 6.33 Å². The zero-order valence-electron chi connectivity index (χ0n) is 14.8. The van der Waals surface area contributed by atoms with Gasteiger partial charge in [-0.25, -0.2) is 4.98 Å². The second-order valence-electron chi connectivity index (χ2n) is 7.48. The smallest absolute Gasteiger partial charge is 0.226 e. The van der Waals surface area contributed by atoms with Gasteiger partial charge in [-0.15, -0.1) is 0 Å². The monoisotopic (exact) mass is 337 g/mol. The predicted octanol–water partition coefficient (Wildman–Crippen LogP) is 3.46. The normalized spacial score (nSPS) is 23.3. The van der Waals surface area contributed by atoms with E-state index >= 15 is 0 Å². The van der Waals surface area contributed by atoms with Crippen molar-refractivity contribution in [3.63, 3.8) is 0 Å². The van der Waals surface area contributed by atoms with E-state index in [9.17, 15) is 4.79 Å². The van der Waals surface area contributed by atoms with E-state index in [4.69, 9.17) is 0 Å². The molecule has 1 aliphatic carbocycles. The lowest BCUT2D eigenvalue weighted by atomic mass is 9.82. The van der Waals surface area contributed by atoms with Gasteiger partial charge >= 0.3 is 0 Å². The average Bonchev–Trinajstić information content (AvgIpc) is 3.19. The van der Waals surface area contributed by atoms with E-state index in [1.165, 1.54) is 17.5 Å². The summed E-state index contributed by atoms with van der Waals surface area (Å²) in [5.41, 5.74) is 2.81. The van der Waals surface area contributed by atoms with Gasteiger partial charge in [0.1, 0.15) is 0 Å². The van der Waals surface area contributed by atoms with Crippen LogP contribution in [0.1, 0.15) is 43.2 Å². The van der Waals surface area contributed by atoms with Crippen LogP contribution in [0.3, 0.4) is 0 Å². The Balaban J connectivity index is 1.42. The molecule has 2 unspecified atom stereocenters. The molecule has 0 saturated carbocycles. The Hall–Kier alpha value is -2.10. The maximum Gasteiger partial charge on any atom is 0.226 e. The summed E-state index contributed by atoms with van der Waals surface area (Å²) in [5.74, 6) is 0.563. The second kappa shape index (κ2) is 7.42. The van der Waals surface area contributed by atoms with Crippen LogP contribution in [0.25, 0.3) is 0 Å². The highest BCUT2D eigenvalue weighted by molar-refractivity contribution is 5.80. The molecule has 132 valence electrons. The summed E-state index contributed by atoms with van der Waals surface area (Å²) in [6, 6.07) is 9.01. The molecule has 0 N–H and O–H groups in total. The number of carbonyl (C=O) groups is 1. The summed E-state index contributed by atoms with van der Waals surface area (Å²) in [7, 11) is 0. The first kappa shape index (κ1) is 16.4. The fourth-order valence-corrected chi connectivity index (χ4v) is 4.45. The summed E-state index contributed by atoms with van der Waals surface area (Å²) in [6.45, 7) is 1.88. The topological polar surface area (TPSA) is 38.1 Å². The Morgan fingerprint density at radius 1 is 1.16 bits per heavy atom.